The molecule has 1 aromatic carbocycles. The van der Waals surface area contributed by atoms with E-state index in [2.05, 4.69) is 0 Å². The van der Waals surface area contributed by atoms with Gasteiger partial charge in [0.2, 0.25) is 7.37 Å². The average molecular weight is 354 g/mol. The molecule has 1 aliphatic heterocycles. The van der Waals surface area contributed by atoms with Crippen LogP contribution in [0.3, 0.4) is 0 Å². The van der Waals surface area contributed by atoms with E-state index in [0.29, 0.717) is 25.9 Å². The van der Waals surface area contributed by atoms with Gasteiger partial charge in [0, 0.05) is 25.3 Å². The van der Waals surface area contributed by atoms with Crippen molar-refractivity contribution in [1.82, 2.24) is 4.90 Å². The van der Waals surface area contributed by atoms with Crippen molar-refractivity contribution in [2.45, 2.75) is 37.4 Å². The van der Waals surface area contributed by atoms with E-state index < -0.39 is 18.5 Å². The van der Waals surface area contributed by atoms with Crippen molar-refractivity contribution in [3.8, 4) is 0 Å². The molecule has 1 aromatic rings. The van der Waals surface area contributed by atoms with Crippen molar-refractivity contribution < 1.29 is 19.4 Å². The largest absolute Gasteiger partial charge is 0.480 e. The summed E-state index contributed by atoms with van der Waals surface area (Å²) in [6.45, 7) is 2.98. The molecule has 0 bridgehead atoms. The number of nitrogens with two attached hydrogens (primary N) is 1. The highest BCUT2D eigenvalue weighted by molar-refractivity contribution is 7.61. The maximum absolute atomic E-state index is 12.7. The number of aliphatic carboxylic acids is 1. The predicted molar refractivity (Wildman–Crippen MR) is 94.4 cm³/mol. The molecular weight excluding hydrogens is 327 g/mol. The highest BCUT2D eigenvalue weighted by Gasteiger charge is 2.56. The van der Waals surface area contributed by atoms with E-state index in [9.17, 15) is 19.4 Å². The Morgan fingerprint density at radius 2 is 2.04 bits per heavy atom. The molecule has 2 unspecified atom stereocenters. The van der Waals surface area contributed by atoms with E-state index in [1.807, 2.05) is 42.2 Å². The second kappa shape index (κ2) is 7.79. The summed E-state index contributed by atoms with van der Waals surface area (Å²) in [6, 6.07) is 9.81. The van der Waals surface area contributed by atoms with Gasteiger partial charge in [-0.05, 0) is 31.9 Å². The first-order chi connectivity index (χ1) is 11.3. The Hall–Kier alpha value is -1.20. The summed E-state index contributed by atoms with van der Waals surface area (Å²) in [7, 11) is -3.77. The van der Waals surface area contributed by atoms with Gasteiger partial charge in [0.25, 0.3) is 0 Å². The molecule has 1 heterocycles. The molecule has 1 aliphatic rings. The summed E-state index contributed by atoms with van der Waals surface area (Å²) < 4.78 is 12.7. The molecule has 1 fully saturated rings. The zero-order chi connectivity index (χ0) is 17.8. The summed E-state index contributed by atoms with van der Waals surface area (Å²) in [5.41, 5.74) is 6.57. The highest BCUT2D eigenvalue weighted by atomic mass is 31.2. The molecule has 0 spiro atoms. The number of unbranched alkanes of at least 4 members (excludes halogenated alkanes) is 1. The minimum atomic E-state index is -3.77. The van der Waals surface area contributed by atoms with E-state index in [1.54, 1.807) is 0 Å². The van der Waals surface area contributed by atoms with Gasteiger partial charge in [-0.15, -0.1) is 0 Å². The van der Waals surface area contributed by atoms with Gasteiger partial charge in [-0.25, -0.2) is 0 Å². The monoisotopic (exact) mass is 354 g/mol. The lowest BCUT2D eigenvalue weighted by molar-refractivity contribution is -0.141. The molecule has 0 aliphatic carbocycles. The Morgan fingerprint density at radius 1 is 1.38 bits per heavy atom. The average Bonchev–Trinajstić information content (AvgIpc) is 2.56. The molecule has 24 heavy (non-hydrogen) atoms. The lowest BCUT2D eigenvalue weighted by atomic mass is 9.97. The number of carbonyl (C=O) groups is 1. The first-order valence-corrected chi connectivity index (χ1v) is 10.2. The van der Waals surface area contributed by atoms with Crippen LogP contribution in [0.4, 0.5) is 0 Å². The lowest BCUT2D eigenvalue weighted by Crippen LogP contribution is -2.54. The van der Waals surface area contributed by atoms with Crippen molar-refractivity contribution in [3.63, 3.8) is 0 Å². The van der Waals surface area contributed by atoms with Gasteiger partial charge < -0.3 is 15.7 Å². The number of rotatable bonds is 7. The van der Waals surface area contributed by atoms with Crippen LogP contribution in [0.5, 0.6) is 0 Å². The smallest absolute Gasteiger partial charge is 0.320 e. The van der Waals surface area contributed by atoms with Gasteiger partial charge in [-0.3, -0.25) is 14.3 Å². The van der Waals surface area contributed by atoms with Gasteiger partial charge >= 0.3 is 5.97 Å². The molecule has 2 rings (SSSR count). The minimum Gasteiger partial charge on any atom is -0.480 e. The van der Waals surface area contributed by atoms with E-state index in [1.165, 1.54) is 0 Å². The highest BCUT2D eigenvalue weighted by Crippen LogP contribution is 2.59. The van der Waals surface area contributed by atoms with Crippen LogP contribution in [-0.2, 0) is 9.36 Å². The molecule has 134 valence electrons. The Balaban J connectivity index is 2.26. The van der Waals surface area contributed by atoms with E-state index in [4.69, 9.17) is 5.73 Å². The summed E-state index contributed by atoms with van der Waals surface area (Å²) in [4.78, 5) is 24.5. The molecule has 0 amide bonds. The molecule has 6 nitrogen and oxygen atoms in total. The van der Waals surface area contributed by atoms with Gasteiger partial charge in [0.1, 0.15) is 0 Å². The fraction of sp³-hybridized carbons (Fsp3) is 0.588. The van der Waals surface area contributed by atoms with Crippen LogP contribution in [0.25, 0.3) is 0 Å². The third-order valence-electron chi connectivity index (χ3n) is 5.10. The maximum atomic E-state index is 12.7. The van der Waals surface area contributed by atoms with Crippen molar-refractivity contribution in [2.75, 3.05) is 25.8 Å². The number of carboxylic acid groups (broad SMARTS) is 1. The van der Waals surface area contributed by atoms with Crippen LogP contribution in [-0.4, -0.2) is 51.8 Å². The molecule has 0 aromatic heterocycles. The van der Waals surface area contributed by atoms with Crippen LogP contribution >= 0.6 is 7.37 Å². The van der Waals surface area contributed by atoms with Crippen LogP contribution in [0, 0.1) is 0 Å². The molecule has 4 N–H and O–H groups in total. The predicted octanol–water partition coefficient (Wildman–Crippen LogP) is 2.29. The summed E-state index contributed by atoms with van der Waals surface area (Å²) in [6.07, 6.45) is 1.40. The van der Waals surface area contributed by atoms with Crippen molar-refractivity contribution in [3.05, 3.63) is 35.9 Å². The quantitative estimate of drug-likeness (QED) is 0.513. The maximum Gasteiger partial charge on any atom is 0.320 e. The number of nitrogens with zero attached hydrogens (tertiary/aromatic N) is 1. The first kappa shape index (κ1) is 19.1. The molecule has 0 radical (unpaired) electrons. The van der Waals surface area contributed by atoms with Gasteiger partial charge in [0.15, 0.2) is 5.16 Å². The van der Waals surface area contributed by atoms with E-state index in [0.717, 1.165) is 5.56 Å². The summed E-state index contributed by atoms with van der Waals surface area (Å²) in [5, 5.41) is 8.21. The number of hydrogen-bond acceptors (Lipinski definition) is 4. The summed E-state index contributed by atoms with van der Waals surface area (Å²) in [5.74, 6) is -1.17. The molecule has 0 saturated carbocycles. The minimum absolute atomic E-state index is 0.000247. The summed E-state index contributed by atoms with van der Waals surface area (Å²) >= 11 is 0. The zero-order valence-corrected chi connectivity index (χ0v) is 15.0. The SMILES string of the molecule is C[C@H](c1ccccc1)N1CCP(=O)(O)C(CCCCN)(C(=O)O)C1. The Bertz CT molecular complexity index is 610. The molecule has 7 heteroatoms. The second-order valence-corrected chi connectivity index (χ2v) is 9.27. The molecule has 3 atom stereocenters. The third-order valence-corrected chi connectivity index (χ3v) is 7.80. The molecular formula is C17H27N2O4P. The lowest BCUT2D eigenvalue weighted by Gasteiger charge is -2.45. The van der Waals surface area contributed by atoms with Crippen molar-refractivity contribution >= 4 is 13.3 Å². The zero-order valence-electron chi connectivity index (χ0n) is 14.1. The van der Waals surface area contributed by atoms with Crippen LogP contribution in [0.1, 0.15) is 37.8 Å². The fourth-order valence-corrected chi connectivity index (χ4v) is 5.58. The van der Waals surface area contributed by atoms with Crippen LogP contribution < -0.4 is 5.73 Å². The Morgan fingerprint density at radius 3 is 2.62 bits per heavy atom. The Kier molecular flexibility index (Phi) is 6.21. The van der Waals surface area contributed by atoms with E-state index in [-0.39, 0.29) is 25.2 Å². The fourth-order valence-electron chi connectivity index (χ4n) is 3.42. The van der Waals surface area contributed by atoms with Crippen LogP contribution in [0.15, 0.2) is 30.3 Å². The number of hydrogen-bond donors (Lipinski definition) is 3. The Labute approximate surface area is 143 Å². The first-order valence-electron chi connectivity index (χ1n) is 8.38. The standard InChI is InChI=1S/C17H27N2O4P/c1-14(15-7-3-2-4-8-15)19-11-12-24(22,23)17(13-19,16(20)21)9-5-6-10-18/h2-4,7-8,14H,5-6,9-13,18H2,1H3,(H,20,21)(H,22,23)/t14-,17?/m1/s1. The van der Waals surface area contributed by atoms with Gasteiger partial charge in [0.05, 0.1) is 0 Å². The van der Waals surface area contributed by atoms with Gasteiger partial charge in [-0.2, -0.15) is 0 Å². The number of carboxylic acids is 1. The van der Waals surface area contributed by atoms with E-state index >= 15 is 0 Å². The topological polar surface area (TPSA) is 104 Å². The van der Waals surface area contributed by atoms with Crippen molar-refractivity contribution in [2.24, 2.45) is 5.73 Å². The number of benzene rings is 1. The van der Waals surface area contributed by atoms with Crippen molar-refractivity contribution in [1.29, 1.82) is 0 Å². The van der Waals surface area contributed by atoms with Gasteiger partial charge in [-0.1, -0.05) is 36.8 Å². The molecule has 1 saturated heterocycles. The van der Waals surface area contributed by atoms with Crippen LogP contribution in [0.2, 0.25) is 0 Å². The second-order valence-electron chi connectivity index (χ2n) is 6.56. The third kappa shape index (κ3) is 3.72. The normalized spacial score (nSPS) is 29.3.